The number of amides is 1. The molecule has 3 N–H and O–H groups in total. The molecular weight excluding hydrogens is 342 g/mol. The zero-order valence-corrected chi connectivity index (χ0v) is 14.0. The van der Waals surface area contributed by atoms with Crippen LogP contribution in [0.4, 0.5) is 5.69 Å². The lowest BCUT2D eigenvalue weighted by molar-refractivity contribution is -0.116. The molecule has 0 saturated heterocycles. The summed E-state index contributed by atoms with van der Waals surface area (Å²) in [6.45, 7) is 2.83. The summed E-state index contributed by atoms with van der Waals surface area (Å²) < 4.78 is 0.670. The zero-order chi connectivity index (χ0) is 15.0. The fraction of sp³-hybridized carbons (Fsp3) is 0.571. The summed E-state index contributed by atoms with van der Waals surface area (Å²) in [4.78, 5) is 15.9. The van der Waals surface area contributed by atoms with Crippen molar-refractivity contribution in [3.63, 3.8) is 0 Å². The summed E-state index contributed by atoms with van der Waals surface area (Å²) in [5, 5.41) is 3.21. The molecule has 0 saturated carbocycles. The van der Waals surface area contributed by atoms with Gasteiger partial charge in [-0.3, -0.25) is 4.79 Å². The van der Waals surface area contributed by atoms with Crippen LogP contribution in [-0.2, 0) is 4.79 Å². The number of pyridine rings is 1. The number of carbonyl (C=O) groups is 1. The second-order valence-corrected chi connectivity index (χ2v) is 6.03. The number of rotatable bonds is 8. The van der Waals surface area contributed by atoms with Crippen LogP contribution in [0.3, 0.4) is 0 Å². The van der Waals surface area contributed by atoms with Crippen molar-refractivity contribution in [2.45, 2.75) is 39.0 Å². The number of hydrogen-bond acceptors (Lipinski definition) is 3. The number of carbonyl (C=O) groups excluding carboxylic acids is 1. The molecule has 112 valence electrons. The smallest absolute Gasteiger partial charge is 0.224 e. The molecule has 1 amide bonds. The SMILES string of the molecule is CCCC(CCN)CCC(=O)Nc1cnc(Cl)c(Br)c1. The Labute approximate surface area is 133 Å². The average Bonchev–Trinajstić information content (AvgIpc) is 2.41. The van der Waals surface area contributed by atoms with Crippen molar-refractivity contribution in [3.05, 3.63) is 21.9 Å². The van der Waals surface area contributed by atoms with Crippen LogP contribution in [0.2, 0.25) is 5.15 Å². The first-order chi connectivity index (χ1) is 9.56. The molecule has 0 bridgehead atoms. The van der Waals surface area contributed by atoms with E-state index in [1.807, 2.05) is 0 Å². The van der Waals surface area contributed by atoms with E-state index in [2.05, 4.69) is 33.2 Å². The van der Waals surface area contributed by atoms with Gasteiger partial charge >= 0.3 is 0 Å². The first-order valence-corrected chi connectivity index (χ1v) is 8.04. The van der Waals surface area contributed by atoms with Crippen LogP contribution >= 0.6 is 27.5 Å². The van der Waals surface area contributed by atoms with Crippen molar-refractivity contribution in [1.29, 1.82) is 0 Å². The average molecular weight is 363 g/mol. The Morgan fingerprint density at radius 1 is 1.50 bits per heavy atom. The quantitative estimate of drug-likeness (QED) is 0.687. The maximum absolute atomic E-state index is 11.9. The highest BCUT2D eigenvalue weighted by atomic mass is 79.9. The summed E-state index contributed by atoms with van der Waals surface area (Å²) in [5.74, 6) is 0.532. The monoisotopic (exact) mass is 361 g/mol. The molecular formula is C14H21BrClN3O. The molecule has 20 heavy (non-hydrogen) atoms. The number of halogens is 2. The summed E-state index contributed by atoms with van der Waals surface area (Å²) in [6.07, 6.45) is 6.16. The first-order valence-electron chi connectivity index (χ1n) is 6.87. The number of nitrogens with one attached hydrogen (secondary N) is 1. The van der Waals surface area contributed by atoms with E-state index in [1.54, 1.807) is 12.3 Å². The van der Waals surface area contributed by atoms with E-state index in [1.165, 1.54) is 0 Å². The van der Waals surface area contributed by atoms with Crippen LogP contribution in [-0.4, -0.2) is 17.4 Å². The van der Waals surface area contributed by atoms with Crippen LogP contribution in [0, 0.1) is 5.92 Å². The molecule has 0 aliphatic rings. The summed E-state index contributed by atoms with van der Waals surface area (Å²) >= 11 is 9.09. The van der Waals surface area contributed by atoms with Gasteiger partial charge in [-0.1, -0.05) is 31.4 Å². The lowest BCUT2D eigenvalue weighted by Crippen LogP contribution is -2.15. The molecule has 1 aromatic rings. The second-order valence-electron chi connectivity index (χ2n) is 4.82. The highest BCUT2D eigenvalue weighted by molar-refractivity contribution is 9.10. The van der Waals surface area contributed by atoms with Gasteiger partial charge in [0.2, 0.25) is 5.91 Å². The van der Waals surface area contributed by atoms with Crippen molar-refractivity contribution in [1.82, 2.24) is 4.98 Å². The van der Waals surface area contributed by atoms with Crippen molar-refractivity contribution >= 4 is 39.1 Å². The lowest BCUT2D eigenvalue weighted by atomic mass is 9.94. The highest BCUT2D eigenvalue weighted by Gasteiger charge is 2.11. The van der Waals surface area contributed by atoms with E-state index >= 15 is 0 Å². The van der Waals surface area contributed by atoms with Crippen molar-refractivity contribution in [2.75, 3.05) is 11.9 Å². The number of anilines is 1. The van der Waals surface area contributed by atoms with Gasteiger partial charge in [-0.15, -0.1) is 0 Å². The molecule has 1 unspecified atom stereocenters. The van der Waals surface area contributed by atoms with Gasteiger partial charge in [0.05, 0.1) is 16.4 Å². The summed E-state index contributed by atoms with van der Waals surface area (Å²) in [7, 11) is 0. The van der Waals surface area contributed by atoms with Crippen LogP contribution in [0.25, 0.3) is 0 Å². The third-order valence-electron chi connectivity index (χ3n) is 3.13. The predicted molar refractivity (Wildman–Crippen MR) is 86.9 cm³/mol. The minimum absolute atomic E-state index is 0.000790. The largest absolute Gasteiger partial charge is 0.330 e. The number of nitrogens with zero attached hydrogens (tertiary/aromatic N) is 1. The molecule has 0 aliphatic heterocycles. The van der Waals surface area contributed by atoms with E-state index in [9.17, 15) is 4.79 Å². The van der Waals surface area contributed by atoms with Crippen LogP contribution in [0.15, 0.2) is 16.7 Å². The van der Waals surface area contributed by atoms with E-state index in [0.29, 0.717) is 34.2 Å². The lowest BCUT2D eigenvalue weighted by Gasteiger charge is -2.14. The molecule has 6 heteroatoms. The number of nitrogens with two attached hydrogens (primary N) is 1. The van der Waals surface area contributed by atoms with Gasteiger partial charge in [0.25, 0.3) is 0 Å². The van der Waals surface area contributed by atoms with E-state index in [4.69, 9.17) is 17.3 Å². The second kappa shape index (κ2) is 9.32. The molecule has 1 rings (SSSR count). The van der Waals surface area contributed by atoms with Crippen molar-refractivity contribution in [2.24, 2.45) is 11.7 Å². The van der Waals surface area contributed by atoms with Gasteiger partial charge in [0.1, 0.15) is 5.15 Å². The predicted octanol–water partition coefficient (Wildman–Crippen LogP) is 3.98. The standard InChI is InChI=1S/C14H21BrClN3O/c1-2-3-10(6-7-17)4-5-13(20)19-11-8-12(15)14(16)18-9-11/h8-10H,2-7,17H2,1H3,(H,19,20). The molecule has 0 radical (unpaired) electrons. The van der Waals surface area contributed by atoms with Gasteiger partial charge in [-0.25, -0.2) is 4.98 Å². The molecule has 1 aromatic heterocycles. The van der Waals surface area contributed by atoms with E-state index < -0.39 is 0 Å². The maximum Gasteiger partial charge on any atom is 0.224 e. The minimum Gasteiger partial charge on any atom is -0.330 e. The Bertz CT molecular complexity index is 436. The molecule has 1 atom stereocenters. The highest BCUT2D eigenvalue weighted by Crippen LogP contribution is 2.23. The van der Waals surface area contributed by atoms with Gasteiger partial charge in [-0.2, -0.15) is 0 Å². The van der Waals surface area contributed by atoms with Crippen molar-refractivity contribution < 1.29 is 4.79 Å². The van der Waals surface area contributed by atoms with Gasteiger partial charge in [-0.05, 0) is 47.3 Å². The molecule has 0 fully saturated rings. The molecule has 0 spiro atoms. The van der Waals surface area contributed by atoms with Gasteiger partial charge < -0.3 is 11.1 Å². The normalized spacial score (nSPS) is 12.2. The Hall–Kier alpha value is -0.650. The first kappa shape index (κ1) is 17.4. The molecule has 4 nitrogen and oxygen atoms in total. The third kappa shape index (κ3) is 6.20. The summed E-state index contributed by atoms with van der Waals surface area (Å²) in [6, 6.07) is 1.75. The number of aromatic nitrogens is 1. The Balaban J connectivity index is 2.44. The molecule has 0 aromatic carbocycles. The third-order valence-corrected chi connectivity index (χ3v) is 4.27. The fourth-order valence-corrected chi connectivity index (χ4v) is 2.58. The molecule has 0 aliphatic carbocycles. The van der Waals surface area contributed by atoms with Crippen LogP contribution < -0.4 is 11.1 Å². The fourth-order valence-electron chi connectivity index (χ4n) is 2.13. The van der Waals surface area contributed by atoms with Crippen LogP contribution in [0.1, 0.15) is 39.0 Å². The Morgan fingerprint density at radius 2 is 2.25 bits per heavy atom. The maximum atomic E-state index is 11.9. The zero-order valence-electron chi connectivity index (χ0n) is 11.7. The topological polar surface area (TPSA) is 68.0 Å². The van der Waals surface area contributed by atoms with Gasteiger partial charge in [0.15, 0.2) is 0 Å². The minimum atomic E-state index is -0.000790. The van der Waals surface area contributed by atoms with Crippen LogP contribution in [0.5, 0.6) is 0 Å². The van der Waals surface area contributed by atoms with Gasteiger partial charge in [0, 0.05) is 6.42 Å². The number of hydrogen-bond donors (Lipinski definition) is 2. The summed E-state index contributed by atoms with van der Waals surface area (Å²) in [5.41, 5.74) is 6.24. The van der Waals surface area contributed by atoms with Crippen molar-refractivity contribution in [3.8, 4) is 0 Å². The Kier molecular flexibility index (Phi) is 8.11. The van der Waals surface area contributed by atoms with E-state index in [0.717, 1.165) is 25.7 Å². The van der Waals surface area contributed by atoms with E-state index in [-0.39, 0.29) is 5.91 Å². The molecule has 1 heterocycles. The Morgan fingerprint density at radius 3 is 2.85 bits per heavy atom.